The van der Waals surface area contributed by atoms with E-state index in [1.807, 2.05) is 6.07 Å². The lowest BCUT2D eigenvalue weighted by Gasteiger charge is -2.36. The number of rotatable bonds is 5. The number of nitrogens with one attached hydrogen (secondary N) is 1. The Morgan fingerprint density at radius 3 is 2.81 bits per heavy atom. The minimum Gasteiger partial charge on any atom is -0.364 e. The van der Waals surface area contributed by atoms with Crippen LogP contribution in [0.3, 0.4) is 0 Å². The topological polar surface area (TPSA) is 56.9 Å². The van der Waals surface area contributed by atoms with Crippen LogP contribution in [0.2, 0.25) is 0 Å². The molecule has 0 saturated carbocycles. The summed E-state index contributed by atoms with van der Waals surface area (Å²) in [5, 5.41) is 7.80. The second-order valence-electron chi connectivity index (χ2n) is 4.94. The molecule has 1 N–H and O–H groups in total. The van der Waals surface area contributed by atoms with Gasteiger partial charge in [-0.05, 0) is 6.92 Å². The number of halogens is 1. The van der Waals surface area contributed by atoms with Gasteiger partial charge in [-0.3, -0.25) is 4.90 Å². The van der Waals surface area contributed by atoms with Crippen LogP contribution in [0.4, 0.5) is 0 Å². The van der Waals surface area contributed by atoms with Gasteiger partial charge in [0.2, 0.25) is 0 Å². The van der Waals surface area contributed by atoms with E-state index in [1.165, 1.54) is 0 Å². The summed E-state index contributed by atoms with van der Waals surface area (Å²) in [5.41, 5.74) is 0.975. The number of aromatic nitrogens is 1. The highest BCUT2D eigenvalue weighted by Crippen LogP contribution is 2.08. The van der Waals surface area contributed by atoms with Gasteiger partial charge in [-0.25, -0.2) is 4.99 Å². The first-order valence-electron chi connectivity index (χ1n) is 7.17. The standard InChI is InChI=1S/C14H22ClN5O/c1-3-16-14(17-10-12(2)15)20-7-5-19(6-8-20)11-13-4-9-21-18-13/h4,9H,2-3,5-8,10-11H2,1H3,(H,16,17). The zero-order valence-electron chi connectivity index (χ0n) is 12.4. The largest absolute Gasteiger partial charge is 0.364 e. The lowest BCUT2D eigenvalue weighted by atomic mass is 10.3. The monoisotopic (exact) mass is 311 g/mol. The van der Waals surface area contributed by atoms with Crippen LogP contribution in [-0.4, -0.2) is 60.2 Å². The van der Waals surface area contributed by atoms with Crippen molar-refractivity contribution in [1.82, 2.24) is 20.3 Å². The summed E-state index contributed by atoms with van der Waals surface area (Å²) >= 11 is 5.79. The van der Waals surface area contributed by atoms with Crippen LogP contribution in [-0.2, 0) is 6.54 Å². The van der Waals surface area contributed by atoms with Gasteiger partial charge < -0.3 is 14.7 Å². The molecule has 1 aliphatic rings. The van der Waals surface area contributed by atoms with Crippen LogP contribution in [0.25, 0.3) is 0 Å². The van der Waals surface area contributed by atoms with Crippen molar-refractivity contribution < 1.29 is 4.52 Å². The Bertz CT molecular complexity index is 466. The van der Waals surface area contributed by atoms with Crippen molar-refractivity contribution in [1.29, 1.82) is 0 Å². The molecule has 0 bridgehead atoms. The maximum atomic E-state index is 5.79. The third-order valence-electron chi connectivity index (χ3n) is 3.28. The third kappa shape index (κ3) is 5.06. The Morgan fingerprint density at radius 1 is 1.48 bits per heavy atom. The van der Waals surface area contributed by atoms with Crippen LogP contribution >= 0.6 is 11.6 Å². The molecule has 0 radical (unpaired) electrons. The lowest BCUT2D eigenvalue weighted by molar-refractivity contribution is 0.169. The third-order valence-corrected chi connectivity index (χ3v) is 3.40. The Balaban J connectivity index is 1.85. The average Bonchev–Trinajstić information content (AvgIpc) is 2.97. The molecule has 0 spiro atoms. The SMILES string of the molecule is C=C(Cl)CN=C(NCC)N1CCN(Cc2ccon2)CC1. The van der Waals surface area contributed by atoms with Crippen molar-refractivity contribution in [2.75, 3.05) is 39.3 Å². The van der Waals surface area contributed by atoms with Crippen LogP contribution in [0, 0.1) is 0 Å². The molecule has 0 aromatic carbocycles. The van der Waals surface area contributed by atoms with E-state index in [4.69, 9.17) is 16.1 Å². The molecular weight excluding hydrogens is 290 g/mol. The summed E-state index contributed by atoms with van der Waals surface area (Å²) in [4.78, 5) is 9.10. The van der Waals surface area contributed by atoms with Gasteiger partial charge in [0.15, 0.2) is 5.96 Å². The van der Waals surface area contributed by atoms with Crippen molar-refractivity contribution >= 4 is 17.6 Å². The summed E-state index contributed by atoms with van der Waals surface area (Å²) in [6.45, 7) is 11.7. The molecule has 0 amide bonds. The van der Waals surface area contributed by atoms with E-state index in [0.29, 0.717) is 11.6 Å². The van der Waals surface area contributed by atoms with Crippen molar-refractivity contribution in [2.45, 2.75) is 13.5 Å². The first-order chi connectivity index (χ1) is 10.2. The number of guanidine groups is 1. The lowest BCUT2D eigenvalue weighted by Crippen LogP contribution is -2.52. The fourth-order valence-electron chi connectivity index (χ4n) is 2.25. The van der Waals surface area contributed by atoms with E-state index in [-0.39, 0.29) is 0 Å². The molecule has 2 rings (SSSR count). The molecule has 6 nitrogen and oxygen atoms in total. The Kier molecular flexibility index (Phi) is 6.07. The summed E-state index contributed by atoms with van der Waals surface area (Å²) in [5.74, 6) is 0.903. The molecule has 1 saturated heterocycles. The van der Waals surface area contributed by atoms with Crippen LogP contribution < -0.4 is 5.32 Å². The minimum atomic E-state index is 0.447. The second kappa shape index (κ2) is 8.05. The van der Waals surface area contributed by atoms with Gasteiger partial charge in [0.05, 0.1) is 12.2 Å². The predicted octanol–water partition coefficient (Wildman–Crippen LogP) is 1.51. The highest BCUT2D eigenvalue weighted by molar-refractivity contribution is 6.29. The molecule has 0 aliphatic carbocycles. The molecule has 1 aliphatic heterocycles. The zero-order chi connectivity index (χ0) is 15.1. The van der Waals surface area contributed by atoms with Gasteiger partial charge in [0, 0.05) is 50.4 Å². The van der Waals surface area contributed by atoms with Gasteiger partial charge in [-0.15, -0.1) is 0 Å². The van der Waals surface area contributed by atoms with Crippen molar-refractivity contribution in [3.63, 3.8) is 0 Å². The maximum absolute atomic E-state index is 5.79. The van der Waals surface area contributed by atoms with E-state index in [0.717, 1.165) is 50.9 Å². The van der Waals surface area contributed by atoms with Crippen molar-refractivity contribution in [3.05, 3.63) is 29.6 Å². The van der Waals surface area contributed by atoms with E-state index < -0.39 is 0 Å². The molecule has 1 fully saturated rings. The number of aliphatic imine (C=N–C) groups is 1. The maximum Gasteiger partial charge on any atom is 0.194 e. The van der Waals surface area contributed by atoms with Crippen LogP contribution in [0.5, 0.6) is 0 Å². The van der Waals surface area contributed by atoms with Gasteiger partial charge in [0.1, 0.15) is 6.26 Å². The minimum absolute atomic E-state index is 0.447. The second-order valence-corrected chi connectivity index (χ2v) is 5.48. The van der Waals surface area contributed by atoms with Crippen LogP contribution in [0.15, 0.2) is 33.5 Å². The van der Waals surface area contributed by atoms with Gasteiger partial charge in [-0.2, -0.15) is 0 Å². The molecule has 116 valence electrons. The number of hydrogen-bond donors (Lipinski definition) is 1. The molecule has 2 heterocycles. The number of hydrogen-bond acceptors (Lipinski definition) is 4. The quantitative estimate of drug-likeness (QED) is 0.660. The molecule has 0 atom stereocenters. The van der Waals surface area contributed by atoms with Crippen LogP contribution in [0.1, 0.15) is 12.6 Å². The predicted molar refractivity (Wildman–Crippen MR) is 84.3 cm³/mol. The molecular formula is C14H22ClN5O. The van der Waals surface area contributed by atoms with Crippen molar-refractivity contribution in [3.8, 4) is 0 Å². The molecule has 0 unspecified atom stereocenters. The molecule has 1 aromatic rings. The van der Waals surface area contributed by atoms with E-state index in [1.54, 1.807) is 6.26 Å². The first-order valence-corrected chi connectivity index (χ1v) is 7.55. The summed E-state index contributed by atoms with van der Waals surface area (Å²) in [6, 6.07) is 1.91. The summed E-state index contributed by atoms with van der Waals surface area (Å²) in [6.07, 6.45) is 1.61. The normalized spacial score (nSPS) is 17.0. The number of piperazine rings is 1. The van der Waals surface area contributed by atoms with Gasteiger partial charge in [0.25, 0.3) is 0 Å². The summed E-state index contributed by atoms with van der Waals surface area (Å²) < 4.78 is 4.86. The highest BCUT2D eigenvalue weighted by atomic mass is 35.5. The van der Waals surface area contributed by atoms with E-state index in [2.05, 4.69) is 38.8 Å². The van der Waals surface area contributed by atoms with Crippen molar-refractivity contribution in [2.24, 2.45) is 4.99 Å². The van der Waals surface area contributed by atoms with E-state index >= 15 is 0 Å². The smallest absolute Gasteiger partial charge is 0.194 e. The molecule has 7 heteroatoms. The summed E-state index contributed by atoms with van der Waals surface area (Å²) in [7, 11) is 0. The fraction of sp³-hybridized carbons (Fsp3) is 0.571. The Hall–Kier alpha value is -1.53. The molecule has 1 aromatic heterocycles. The van der Waals surface area contributed by atoms with Gasteiger partial charge in [-0.1, -0.05) is 23.3 Å². The highest BCUT2D eigenvalue weighted by Gasteiger charge is 2.20. The molecule has 21 heavy (non-hydrogen) atoms. The Labute approximate surface area is 130 Å². The Morgan fingerprint density at radius 2 is 2.24 bits per heavy atom. The first kappa shape index (κ1) is 15.9. The van der Waals surface area contributed by atoms with E-state index in [9.17, 15) is 0 Å². The average molecular weight is 312 g/mol. The number of nitrogens with zero attached hydrogens (tertiary/aromatic N) is 4. The fourth-order valence-corrected chi connectivity index (χ4v) is 2.31. The zero-order valence-corrected chi connectivity index (χ0v) is 13.1. The van der Waals surface area contributed by atoms with Gasteiger partial charge >= 0.3 is 0 Å².